The van der Waals surface area contributed by atoms with Crippen LogP contribution in [0, 0.1) is 6.92 Å². The van der Waals surface area contributed by atoms with Crippen molar-refractivity contribution in [3.63, 3.8) is 0 Å². The van der Waals surface area contributed by atoms with Gasteiger partial charge in [0, 0.05) is 35.9 Å². The molecular formula is C21H25N3O. The summed E-state index contributed by atoms with van der Waals surface area (Å²) < 4.78 is 6.29. The summed E-state index contributed by atoms with van der Waals surface area (Å²) in [4.78, 5) is 9.25. The molecule has 0 spiro atoms. The van der Waals surface area contributed by atoms with E-state index in [0.717, 1.165) is 33.5 Å². The molecule has 1 aromatic carbocycles. The standard InChI is InChI=1S/C21H25N3O/c1-13(2)17-10-9-16-15-8-7-14(3)18(19(15)25-20(16)22-17)24-12-11-23(6)21(24,4)5/h7-13H,1-6H3. The number of hydrogen-bond donors (Lipinski definition) is 0. The highest BCUT2D eigenvalue weighted by atomic mass is 16.3. The maximum Gasteiger partial charge on any atom is 0.227 e. The summed E-state index contributed by atoms with van der Waals surface area (Å²) in [5, 5.41) is 2.20. The zero-order valence-corrected chi connectivity index (χ0v) is 15.8. The molecule has 0 atom stereocenters. The van der Waals surface area contributed by atoms with Gasteiger partial charge in [-0.3, -0.25) is 0 Å². The number of aromatic nitrogens is 1. The van der Waals surface area contributed by atoms with E-state index in [4.69, 9.17) is 9.40 Å². The minimum atomic E-state index is -0.144. The SMILES string of the molecule is Cc1ccc2c(oc3nc(C(C)C)ccc32)c1N1C=CN(C)C1(C)C. The van der Waals surface area contributed by atoms with Gasteiger partial charge in [-0.25, -0.2) is 4.98 Å². The number of pyridine rings is 1. The molecule has 2 aromatic heterocycles. The molecular weight excluding hydrogens is 310 g/mol. The Kier molecular flexibility index (Phi) is 3.36. The largest absolute Gasteiger partial charge is 0.435 e. The first kappa shape index (κ1) is 16.0. The molecule has 4 nitrogen and oxygen atoms in total. The van der Waals surface area contributed by atoms with Gasteiger partial charge in [-0.15, -0.1) is 0 Å². The number of aryl methyl sites for hydroxylation is 1. The van der Waals surface area contributed by atoms with E-state index in [1.165, 1.54) is 5.56 Å². The number of hydrogen-bond acceptors (Lipinski definition) is 4. The molecule has 0 bridgehead atoms. The molecule has 4 heteroatoms. The van der Waals surface area contributed by atoms with E-state index >= 15 is 0 Å². The molecule has 3 heterocycles. The Bertz CT molecular complexity index is 997. The van der Waals surface area contributed by atoms with Crippen molar-refractivity contribution in [3.05, 3.63) is 47.9 Å². The number of nitrogens with zero attached hydrogens (tertiary/aromatic N) is 3. The third-order valence-corrected chi connectivity index (χ3v) is 5.43. The van der Waals surface area contributed by atoms with E-state index in [9.17, 15) is 0 Å². The summed E-state index contributed by atoms with van der Waals surface area (Å²) >= 11 is 0. The van der Waals surface area contributed by atoms with Crippen molar-refractivity contribution >= 4 is 27.8 Å². The van der Waals surface area contributed by atoms with Crippen LogP contribution in [0.5, 0.6) is 0 Å². The van der Waals surface area contributed by atoms with Crippen LogP contribution in [0.15, 0.2) is 41.1 Å². The molecule has 0 amide bonds. The third-order valence-electron chi connectivity index (χ3n) is 5.43. The lowest BCUT2D eigenvalue weighted by molar-refractivity contribution is 0.253. The van der Waals surface area contributed by atoms with Gasteiger partial charge in [-0.2, -0.15) is 0 Å². The summed E-state index contributed by atoms with van der Waals surface area (Å²) in [7, 11) is 2.10. The first-order valence-corrected chi connectivity index (χ1v) is 8.84. The van der Waals surface area contributed by atoms with Crippen LogP contribution in [-0.2, 0) is 0 Å². The van der Waals surface area contributed by atoms with Gasteiger partial charge < -0.3 is 14.2 Å². The number of fused-ring (bicyclic) bond motifs is 3. The van der Waals surface area contributed by atoms with Crippen molar-refractivity contribution in [1.29, 1.82) is 0 Å². The molecule has 0 aliphatic carbocycles. The fourth-order valence-electron chi connectivity index (χ4n) is 3.49. The van der Waals surface area contributed by atoms with E-state index < -0.39 is 0 Å². The molecule has 1 aliphatic heterocycles. The van der Waals surface area contributed by atoms with Gasteiger partial charge in [0.1, 0.15) is 5.66 Å². The summed E-state index contributed by atoms with van der Waals surface area (Å²) in [5.74, 6) is 0.382. The highest BCUT2D eigenvalue weighted by molar-refractivity contribution is 6.08. The molecule has 0 unspecified atom stereocenters. The first-order valence-electron chi connectivity index (χ1n) is 8.84. The lowest BCUT2D eigenvalue weighted by atomic mass is 10.0. The summed E-state index contributed by atoms with van der Waals surface area (Å²) in [6, 6.07) is 8.56. The van der Waals surface area contributed by atoms with Crippen molar-refractivity contribution in [2.45, 2.75) is 46.2 Å². The Balaban J connectivity index is 2.00. The molecule has 3 aromatic rings. The summed E-state index contributed by atoms with van der Waals surface area (Å²) in [6.07, 6.45) is 4.23. The molecule has 4 rings (SSSR count). The fourth-order valence-corrected chi connectivity index (χ4v) is 3.49. The second-order valence-corrected chi connectivity index (χ2v) is 7.73. The van der Waals surface area contributed by atoms with Crippen LogP contribution < -0.4 is 4.90 Å². The maximum atomic E-state index is 6.29. The minimum Gasteiger partial charge on any atom is -0.435 e. The minimum absolute atomic E-state index is 0.144. The zero-order chi connectivity index (χ0) is 17.9. The van der Waals surface area contributed by atoms with E-state index in [-0.39, 0.29) is 5.66 Å². The molecule has 0 saturated heterocycles. The number of benzene rings is 1. The lowest BCUT2D eigenvalue weighted by Crippen LogP contribution is -2.46. The van der Waals surface area contributed by atoms with E-state index in [1.807, 2.05) is 0 Å². The maximum absolute atomic E-state index is 6.29. The Hall–Kier alpha value is -2.49. The van der Waals surface area contributed by atoms with E-state index in [1.54, 1.807) is 0 Å². The van der Waals surface area contributed by atoms with Gasteiger partial charge in [0.2, 0.25) is 5.71 Å². The Labute approximate surface area is 148 Å². The van der Waals surface area contributed by atoms with Crippen molar-refractivity contribution in [1.82, 2.24) is 9.88 Å². The third kappa shape index (κ3) is 2.24. The second-order valence-electron chi connectivity index (χ2n) is 7.73. The van der Waals surface area contributed by atoms with Gasteiger partial charge >= 0.3 is 0 Å². The van der Waals surface area contributed by atoms with Crippen LogP contribution >= 0.6 is 0 Å². The van der Waals surface area contributed by atoms with Crippen molar-refractivity contribution in [3.8, 4) is 0 Å². The lowest BCUT2D eigenvalue weighted by Gasteiger charge is -2.38. The van der Waals surface area contributed by atoms with Crippen molar-refractivity contribution in [2.75, 3.05) is 11.9 Å². The van der Waals surface area contributed by atoms with Crippen LogP contribution in [0.1, 0.15) is 44.9 Å². The highest BCUT2D eigenvalue weighted by Crippen LogP contribution is 2.41. The molecule has 0 fully saturated rings. The molecule has 130 valence electrons. The summed E-state index contributed by atoms with van der Waals surface area (Å²) in [6.45, 7) is 10.9. The van der Waals surface area contributed by atoms with Crippen LogP contribution in [0.2, 0.25) is 0 Å². The number of furan rings is 1. The zero-order valence-electron chi connectivity index (χ0n) is 15.8. The molecule has 0 radical (unpaired) electrons. The van der Waals surface area contributed by atoms with Crippen LogP contribution in [0.3, 0.4) is 0 Å². The predicted molar refractivity (Wildman–Crippen MR) is 104 cm³/mol. The average Bonchev–Trinajstić information content (AvgIpc) is 3.05. The molecule has 0 saturated carbocycles. The van der Waals surface area contributed by atoms with Crippen molar-refractivity contribution in [2.24, 2.45) is 0 Å². The topological polar surface area (TPSA) is 32.5 Å². The van der Waals surface area contributed by atoms with E-state index in [0.29, 0.717) is 5.92 Å². The first-order chi connectivity index (χ1) is 11.8. The van der Waals surface area contributed by atoms with E-state index in [2.05, 4.69) is 88.1 Å². The van der Waals surface area contributed by atoms with Crippen LogP contribution in [-0.4, -0.2) is 22.6 Å². The number of anilines is 1. The smallest absolute Gasteiger partial charge is 0.227 e. The van der Waals surface area contributed by atoms with Crippen LogP contribution in [0.4, 0.5) is 5.69 Å². The number of rotatable bonds is 2. The average molecular weight is 335 g/mol. The van der Waals surface area contributed by atoms with Gasteiger partial charge in [0.15, 0.2) is 5.58 Å². The van der Waals surface area contributed by atoms with Gasteiger partial charge in [0.25, 0.3) is 0 Å². The van der Waals surface area contributed by atoms with Crippen molar-refractivity contribution < 1.29 is 4.42 Å². The Morgan fingerprint density at radius 2 is 1.76 bits per heavy atom. The summed E-state index contributed by atoms with van der Waals surface area (Å²) in [5.41, 5.74) is 4.87. The quantitative estimate of drug-likeness (QED) is 0.630. The fraction of sp³-hybridized carbons (Fsp3) is 0.381. The predicted octanol–water partition coefficient (Wildman–Crippen LogP) is 5.37. The second kappa shape index (κ2) is 5.25. The normalized spacial score (nSPS) is 16.8. The van der Waals surface area contributed by atoms with Crippen LogP contribution in [0.25, 0.3) is 22.1 Å². The Morgan fingerprint density at radius 3 is 2.40 bits per heavy atom. The molecule has 1 aliphatic rings. The highest BCUT2D eigenvalue weighted by Gasteiger charge is 2.35. The Morgan fingerprint density at radius 1 is 1.04 bits per heavy atom. The van der Waals surface area contributed by atoms with Gasteiger partial charge in [0.05, 0.1) is 5.69 Å². The van der Waals surface area contributed by atoms with Gasteiger partial charge in [-0.05, 0) is 44.4 Å². The molecule has 0 N–H and O–H groups in total. The monoisotopic (exact) mass is 335 g/mol. The molecule has 25 heavy (non-hydrogen) atoms. The van der Waals surface area contributed by atoms with Gasteiger partial charge in [-0.1, -0.05) is 26.0 Å².